The maximum atomic E-state index is 10.8. The Morgan fingerprint density at radius 3 is 2.72 bits per heavy atom. The molecule has 92 valence electrons. The Hall–Kier alpha value is -2.08. The minimum Gasteiger partial charge on any atom is -0.397 e. The van der Waals surface area contributed by atoms with Crippen molar-refractivity contribution in [3.8, 4) is 0 Å². The van der Waals surface area contributed by atoms with Gasteiger partial charge in [0.25, 0.3) is 5.69 Å². The Morgan fingerprint density at radius 1 is 1.28 bits per heavy atom. The van der Waals surface area contributed by atoms with Crippen LogP contribution in [0.5, 0.6) is 0 Å². The Labute approximate surface area is 108 Å². The van der Waals surface area contributed by atoms with Crippen LogP contribution in [-0.2, 0) is 5.75 Å². The number of para-hydroxylation sites is 1. The summed E-state index contributed by atoms with van der Waals surface area (Å²) in [5.74, 6) is 0.508. The molecular formula is C12H11N3O2S. The number of nitrogens with two attached hydrogens (primary N) is 1. The molecule has 0 saturated carbocycles. The van der Waals surface area contributed by atoms with E-state index in [4.69, 9.17) is 5.73 Å². The lowest BCUT2D eigenvalue weighted by molar-refractivity contribution is -0.385. The van der Waals surface area contributed by atoms with Crippen molar-refractivity contribution in [1.82, 2.24) is 4.98 Å². The number of anilines is 1. The van der Waals surface area contributed by atoms with E-state index in [0.29, 0.717) is 17.0 Å². The van der Waals surface area contributed by atoms with Crippen LogP contribution >= 0.6 is 11.8 Å². The van der Waals surface area contributed by atoms with Crippen molar-refractivity contribution >= 4 is 23.1 Å². The average Bonchev–Trinajstić information content (AvgIpc) is 2.38. The maximum absolute atomic E-state index is 10.8. The molecule has 0 atom stereocenters. The van der Waals surface area contributed by atoms with E-state index in [1.165, 1.54) is 17.8 Å². The number of nitro benzene ring substituents is 1. The minimum atomic E-state index is -0.369. The van der Waals surface area contributed by atoms with Crippen LogP contribution in [0.3, 0.4) is 0 Å². The standard InChI is InChI=1S/C12H11N3O2S/c13-10-5-6-12(14-7-10)18-8-9-3-1-2-4-11(9)15(16)17/h1-7H,8,13H2. The number of nitrogens with zero attached hydrogens (tertiary/aromatic N) is 2. The molecule has 0 aliphatic heterocycles. The highest BCUT2D eigenvalue weighted by Crippen LogP contribution is 2.26. The fourth-order valence-electron chi connectivity index (χ4n) is 1.44. The van der Waals surface area contributed by atoms with Crippen molar-refractivity contribution in [2.45, 2.75) is 10.8 Å². The van der Waals surface area contributed by atoms with E-state index in [1.807, 2.05) is 0 Å². The molecule has 2 N–H and O–H groups in total. The van der Waals surface area contributed by atoms with Gasteiger partial charge >= 0.3 is 0 Å². The van der Waals surface area contributed by atoms with Crippen LogP contribution in [0, 0.1) is 10.1 Å². The number of nitrogen functional groups attached to an aromatic ring is 1. The van der Waals surface area contributed by atoms with Crippen molar-refractivity contribution in [2.75, 3.05) is 5.73 Å². The van der Waals surface area contributed by atoms with Gasteiger partial charge in [0.05, 0.1) is 21.8 Å². The number of hydrogen-bond acceptors (Lipinski definition) is 5. The minimum absolute atomic E-state index is 0.139. The number of pyridine rings is 1. The molecule has 1 aromatic heterocycles. The lowest BCUT2D eigenvalue weighted by Crippen LogP contribution is -1.94. The molecular weight excluding hydrogens is 250 g/mol. The predicted molar refractivity (Wildman–Crippen MR) is 71.3 cm³/mol. The van der Waals surface area contributed by atoms with Crippen LogP contribution in [0.25, 0.3) is 0 Å². The summed E-state index contributed by atoms with van der Waals surface area (Å²) < 4.78 is 0. The van der Waals surface area contributed by atoms with Gasteiger partial charge in [-0.05, 0) is 12.1 Å². The van der Waals surface area contributed by atoms with Crippen LogP contribution < -0.4 is 5.73 Å². The van der Waals surface area contributed by atoms with Crippen LogP contribution in [0.1, 0.15) is 5.56 Å². The van der Waals surface area contributed by atoms with Crippen molar-refractivity contribution in [1.29, 1.82) is 0 Å². The van der Waals surface area contributed by atoms with Gasteiger partial charge in [0.2, 0.25) is 0 Å². The molecule has 1 heterocycles. The second-order valence-electron chi connectivity index (χ2n) is 3.60. The van der Waals surface area contributed by atoms with Gasteiger partial charge in [-0.2, -0.15) is 0 Å². The zero-order chi connectivity index (χ0) is 13.0. The van der Waals surface area contributed by atoms with Gasteiger partial charge in [0, 0.05) is 17.4 Å². The molecule has 0 spiro atoms. The molecule has 18 heavy (non-hydrogen) atoms. The van der Waals surface area contributed by atoms with E-state index in [-0.39, 0.29) is 10.6 Å². The van der Waals surface area contributed by atoms with Crippen LogP contribution in [0.4, 0.5) is 11.4 Å². The van der Waals surface area contributed by atoms with E-state index in [2.05, 4.69) is 4.98 Å². The molecule has 0 saturated heterocycles. The summed E-state index contributed by atoms with van der Waals surface area (Å²) in [6.07, 6.45) is 1.57. The van der Waals surface area contributed by atoms with E-state index in [1.54, 1.807) is 36.5 Å². The summed E-state index contributed by atoms with van der Waals surface area (Å²) in [7, 11) is 0. The third-order valence-electron chi connectivity index (χ3n) is 2.32. The molecule has 0 fully saturated rings. The summed E-state index contributed by atoms with van der Waals surface area (Å²) in [6.45, 7) is 0. The summed E-state index contributed by atoms with van der Waals surface area (Å²) in [6, 6.07) is 10.3. The van der Waals surface area contributed by atoms with Gasteiger partial charge in [-0.3, -0.25) is 10.1 Å². The monoisotopic (exact) mass is 261 g/mol. The second-order valence-corrected chi connectivity index (χ2v) is 4.60. The van der Waals surface area contributed by atoms with Gasteiger partial charge in [-0.15, -0.1) is 11.8 Å². The molecule has 0 aliphatic rings. The SMILES string of the molecule is Nc1ccc(SCc2ccccc2[N+](=O)[O-])nc1. The van der Waals surface area contributed by atoms with Crippen molar-refractivity contribution in [2.24, 2.45) is 0 Å². The molecule has 0 aliphatic carbocycles. The first-order valence-corrected chi connectivity index (χ1v) is 6.22. The van der Waals surface area contributed by atoms with Crippen molar-refractivity contribution in [3.63, 3.8) is 0 Å². The quantitative estimate of drug-likeness (QED) is 0.520. The lowest BCUT2D eigenvalue weighted by atomic mass is 10.2. The molecule has 2 rings (SSSR count). The fraction of sp³-hybridized carbons (Fsp3) is 0.0833. The third-order valence-corrected chi connectivity index (χ3v) is 3.32. The molecule has 5 nitrogen and oxygen atoms in total. The zero-order valence-corrected chi connectivity index (χ0v) is 10.3. The first kappa shape index (κ1) is 12.4. The van der Waals surface area contributed by atoms with Gasteiger partial charge in [-0.1, -0.05) is 18.2 Å². The normalized spacial score (nSPS) is 10.2. The van der Waals surface area contributed by atoms with Gasteiger partial charge in [0.15, 0.2) is 0 Å². The summed E-state index contributed by atoms with van der Waals surface area (Å²) >= 11 is 1.44. The number of benzene rings is 1. The number of hydrogen-bond donors (Lipinski definition) is 1. The number of thioether (sulfide) groups is 1. The topological polar surface area (TPSA) is 82.0 Å². The predicted octanol–water partition coefficient (Wildman–Crippen LogP) is 2.86. The molecule has 0 amide bonds. The van der Waals surface area contributed by atoms with Gasteiger partial charge in [-0.25, -0.2) is 4.98 Å². The van der Waals surface area contributed by atoms with E-state index in [9.17, 15) is 10.1 Å². The zero-order valence-electron chi connectivity index (χ0n) is 9.45. The van der Waals surface area contributed by atoms with Crippen molar-refractivity contribution in [3.05, 3.63) is 58.3 Å². The molecule has 2 aromatic rings. The van der Waals surface area contributed by atoms with E-state index < -0.39 is 0 Å². The highest BCUT2D eigenvalue weighted by atomic mass is 32.2. The van der Waals surface area contributed by atoms with Crippen LogP contribution in [-0.4, -0.2) is 9.91 Å². The lowest BCUT2D eigenvalue weighted by Gasteiger charge is -2.02. The fourth-order valence-corrected chi connectivity index (χ4v) is 2.28. The Morgan fingerprint density at radius 2 is 2.06 bits per heavy atom. The second kappa shape index (κ2) is 5.50. The number of aromatic nitrogens is 1. The summed E-state index contributed by atoms with van der Waals surface area (Å²) in [5.41, 5.74) is 6.96. The maximum Gasteiger partial charge on any atom is 0.273 e. The molecule has 1 aromatic carbocycles. The van der Waals surface area contributed by atoms with E-state index in [0.717, 1.165) is 5.03 Å². The first-order valence-electron chi connectivity index (χ1n) is 5.23. The Bertz CT molecular complexity index is 558. The highest BCUT2D eigenvalue weighted by Gasteiger charge is 2.12. The van der Waals surface area contributed by atoms with Gasteiger partial charge < -0.3 is 5.73 Å². The van der Waals surface area contributed by atoms with Crippen molar-refractivity contribution < 1.29 is 4.92 Å². The summed E-state index contributed by atoms with van der Waals surface area (Å²) in [5, 5.41) is 11.6. The Kier molecular flexibility index (Phi) is 3.78. The Balaban J connectivity index is 2.10. The van der Waals surface area contributed by atoms with Gasteiger partial charge in [0.1, 0.15) is 0 Å². The van der Waals surface area contributed by atoms with E-state index >= 15 is 0 Å². The smallest absolute Gasteiger partial charge is 0.273 e. The average molecular weight is 261 g/mol. The number of rotatable bonds is 4. The first-order chi connectivity index (χ1) is 8.66. The highest BCUT2D eigenvalue weighted by molar-refractivity contribution is 7.98. The largest absolute Gasteiger partial charge is 0.397 e. The molecule has 0 bridgehead atoms. The summed E-state index contributed by atoms with van der Waals surface area (Å²) in [4.78, 5) is 14.6. The molecule has 0 unspecified atom stereocenters. The number of nitro groups is 1. The third kappa shape index (κ3) is 2.98. The van der Waals surface area contributed by atoms with Crippen LogP contribution in [0.2, 0.25) is 0 Å². The van der Waals surface area contributed by atoms with Crippen LogP contribution in [0.15, 0.2) is 47.6 Å². The molecule has 0 radical (unpaired) electrons. The molecule has 6 heteroatoms.